The Bertz CT molecular complexity index is 615. The molecule has 0 unspecified atom stereocenters. The van der Waals surface area contributed by atoms with Gasteiger partial charge in [-0.3, -0.25) is 0 Å². The fourth-order valence-electron chi connectivity index (χ4n) is 3.03. The number of benzene rings is 1. The average molecular weight is 317 g/mol. The molecule has 2 aromatic rings. The molecule has 3 rings (SSSR count). The second kappa shape index (κ2) is 7.12. The van der Waals surface area contributed by atoms with Crippen molar-refractivity contribution in [1.29, 1.82) is 0 Å². The summed E-state index contributed by atoms with van der Waals surface area (Å²) in [5.41, 5.74) is 2.49. The van der Waals surface area contributed by atoms with Crippen molar-refractivity contribution in [2.24, 2.45) is 0 Å². The lowest BCUT2D eigenvalue weighted by Gasteiger charge is -2.16. The van der Waals surface area contributed by atoms with Gasteiger partial charge in [0.25, 0.3) is 0 Å². The Balaban J connectivity index is 1.53. The molecule has 0 bridgehead atoms. The van der Waals surface area contributed by atoms with Gasteiger partial charge in [-0.05, 0) is 42.6 Å². The zero-order chi connectivity index (χ0) is 15.4. The van der Waals surface area contributed by atoms with Crippen LogP contribution in [0.1, 0.15) is 23.6 Å². The van der Waals surface area contributed by atoms with Crippen molar-refractivity contribution < 1.29 is 4.74 Å². The number of nitrogens with zero attached hydrogens (tertiary/aromatic N) is 2. The van der Waals surface area contributed by atoms with E-state index in [2.05, 4.69) is 28.1 Å². The van der Waals surface area contributed by atoms with E-state index in [0.717, 1.165) is 36.8 Å². The zero-order valence-electron chi connectivity index (χ0n) is 12.8. The van der Waals surface area contributed by atoms with E-state index in [1.165, 1.54) is 12.0 Å². The molecule has 22 heavy (non-hydrogen) atoms. The fourth-order valence-corrected chi connectivity index (χ4v) is 3.15. The first-order valence-electron chi connectivity index (χ1n) is 7.72. The van der Waals surface area contributed by atoms with Crippen LogP contribution in [-0.2, 0) is 6.42 Å². The smallest absolute Gasteiger partial charge is 0.213 e. The van der Waals surface area contributed by atoms with Gasteiger partial charge in [-0.15, -0.1) is 0 Å². The number of pyridine rings is 1. The largest absolute Gasteiger partial charge is 0.481 e. The van der Waals surface area contributed by atoms with E-state index in [-0.39, 0.29) is 0 Å². The van der Waals surface area contributed by atoms with E-state index >= 15 is 0 Å². The lowest BCUT2D eigenvalue weighted by Crippen LogP contribution is -2.23. The quantitative estimate of drug-likeness (QED) is 0.839. The van der Waals surface area contributed by atoms with Gasteiger partial charge in [0, 0.05) is 36.3 Å². The first-order chi connectivity index (χ1) is 10.7. The summed E-state index contributed by atoms with van der Waals surface area (Å²) in [6, 6.07) is 14.2. The average Bonchev–Trinajstić information content (AvgIpc) is 3.03. The lowest BCUT2D eigenvalue weighted by molar-refractivity contribution is 0.336. The minimum atomic E-state index is 0.621. The van der Waals surface area contributed by atoms with Crippen molar-refractivity contribution in [3.05, 3.63) is 58.7 Å². The van der Waals surface area contributed by atoms with Crippen LogP contribution in [0.5, 0.6) is 5.88 Å². The SMILES string of the molecule is COc1cccc(CCN2CC[C@H](c3ccc(Cl)cc3)C2)n1. The third kappa shape index (κ3) is 3.79. The Hall–Kier alpha value is -1.58. The van der Waals surface area contributed by atoms with Gasteiger partial charge in [-0.2, -0.15) is 0 Å². The molecule has 0 spiro atoms. The molecule has 1 fully saturated rings. The van der Waals surface area contributed by atoms with Crippen molar-refractivity contribution in [3.63, 3.8) is 0 Å². The van der Waals surface area contributed by atoms with Gasteiger partial charge in [0.05, 0.1) is 7.11 Å². The Morgan fingerprint density at radius 2 is 2.05 bits per heavy atom. The number of halogens is 1. The second-order valence-electron chi connectivity index (χ2n) is 5.76. The maximum atomic E-state index is 5.96. The zero-order valence-corrected chi connectivity index (χ0v) is 13.6. The number of rotatable bonds is 5. The van der Waals surface area contributed by atoms with Crippen molar-refractivity contribution in [2.75, 3.05) is 26.7 Å². The van der Waals surface area contributed by atoms with Crippen molar-refractivity contribution >= 4 is 11.6 Å². The third-order valence-electron chi connectivity index (χ3n) is 4.29. The van der Waals surface area contributed by atoms with E-state index in [9.17, 15) is 0 Å². The Morgan fingerprint density at radius 1 is 1.23 bits per heavy atom. The van der Waals surface area contributed by atoms with Gasteiger partial charge in [-0.25, -0.2) is 4.98 Å². The number of methoxy groups -OCH3 is 1. The summed E-state index contributed by atoms with van der Waals surface area (Å²) in [5, 5.41) is 0.808. The Labute approximate surface area is 136 Å². The Morgan fingerprint density at radius 3 is 2.82 bits per heavy atom. The molecular formula is C18H21ClN2O. The van der Waals surface area contributed by atoms with Crippen molar-refractivity contribution in [1.82, 2.24) is 9.88 Å². The van der Waals surface area contributed by atoms with Gasteiger partial charge in [0.1, 0.15) is 0 Å². The normalized spacial score (nSPS) is 18.5. The fraction of sp³-hybridized carbons (Fsp3) is 0.389. The molecule has 1 aliphatic heterocycles. The third-order valence-corrected chi connectivity index (χ3v) is 4.54. The van der Waals surface area contributed by atoms with Crippen LogP contribution in [0.15, 0.2) is 42.5 Å². The standard InChI is InChI=1S/C18H21ClN2O/c1-22-18-4-2-3-17(20-18)10-12-21-11-9-15(13-21)14-5-7-16(19)8-6-14/h2-8,15H,9-13H2,1H3/t15-/m0/s1. The maximum absolute atomic E-state index is 5.96. The van der Waals surface area contributed by atoms with E-state index in [1.807, 2.05) is 24.3 Å². The van der Waals surface area contributed by atoms with Crippen LogP contribution in [0.4, 0.5) is 0 Å². The van der Waals surface area contributed by atoms with E-state index < -0.39 is 0 Å². The van der Waals surface area contributed by atoms with Gasteiger partial charge in [0.2, 0.25) is 5.88 Å². The highest BCUT2D eigenvalue weighted by molar-refractivity contribution is 6.30. The molecule has 1 aromatic heterocycles. The molecule has 0 saturated carbocycles. The van der Waals surface area contributed by atoms with Crippen molar-refractivity contribution in [3.8, 4) is 5.88 Å². The molecule has 4 heteroatoms. The molecular weight excluding hydrogens is 296 g/mol. The predicted octanol–water partition coefficient (Wildman–Crippen LogP) is 3.78. The highest BCUT2D eigenvalue weighted by Crippen LogP contribution is 2.28. The number of likely N-dealkylation sites (tertiary alicyclic amines) is 1. The molecule has 0 amide bonds. The molecule has 116 valence electrons. The van der Waals surface area contributed by atoms with Crippen LogP contribution in [0.3, 0.4) is 0 Å². The summed E-state index contributed by atoms with van der Waals surface area (Å²) in [7, 11) is 1.66. The molecule has 3 nitrogen and oxygen atoms in total. The minimum Gasteiger partial charge on any atom is -0.481 e. The van der Waals surface area contributed by atoms with E-state index in [4.69, 9.17) is 16.3 Å². The van der Waals surface area contributed by atoms with Crippen LogP contribution in [-0.4, -0.2) is 36.6 Å². The first kappa shape index (κ1) is 15.3. The molecule has 0 N–H and O–H groups in total. The van der Waals surface area contributed by atoms with Crippen LogP contribution in [0, 0.1) is 0 Å². The molecule has 0 radical (unpaired) electrons. The molecule has 1 aromatic carbocycles. The maximum Gasteiger partial charge on any atom is 0.213 e. The molecule has 0 aliphatic carbocycles. The summed E-state index contributed by atoms with van der Waals surface area (Å²) >= 11 is 5.96. The molecule has 1 atom stereocenters. The van der Waals surface area contributed by atoms with Crippen LogP contribution in [0.2, 0.25) is 5.02 Å². The minimum absolute atomic E-state index is 0.621. The topological polar surface area (TPSA) is 25.4 Å². The number of aromatic nitrogens is 1. The van der Waals surface area contributed by atoms with Gasteiger partial charge in [0.15, 0.2) is 0 Å². The summed E-state index contributed by atoms with van der Waals surface area (Å²) in [6.07, 6.45) is 2.18. The highest BCUT2D eigenvalue weighted by atomic mass is 35.5. The summed E-state index contributed by atoms with van der Waals surface area (Å²) in [5.74, 6) is 1.31. The predicted molar refractivity (Wildman–Crippen MR) is 89.7 cm³/mol. The molecule has 2 heterocycles. The van der Waals surface area contributed by atoms with Crippen LogP contribution >= 0.6 is 11.6 Å². The summed E-state index contributed by atoms with van der Waals surface area (Å²) in [6.45, 7) is 3.31. The number of hydrogen-bond donors (Lipinski definition) is 0. The van der Waals surface area contributed by atoms with Gasteiger partial charge >= 0.3 is 0 Å². The monoisotopic (exact) mass is 316 g/mol. The summed E-state index contributed by atoms with van der Waals surface area (Å²) < 4.78 is 5.18. The lowest BCUT2D eigenvalue weighted by atomic mass is 9.99. The van der Waals surface area contributed by atoms with Crippen LogP contribution < -0.4 is 4.74 Å². The van der Waals surface area contributed by atoms with E-state index in [0.29, 0.717) is 11.8 Å². The van der Waals surface area contributed by atoms with Crippen molar-refractivity contribution in [2.45, 2.75) is 18.8 Å². The number of ether oxygens (including phenoxy) is 1. The van der Waals surface area contributed by atoms with Gasteiger partial charge in [-0.1, -0.05) is 29.8 Å². The number of hydrogen-bond acceptors (Lipinski definition) is 3. The van der Waals surface area contributed by atoms with Gasteiger partial charge < -0.3 is 9.64 Å². The van der Waals surface area contributed by atoms with E-state index in [1.54, 1.807) is 7.11 Å². The molecule has 1 saturated heterocycles. The summed E-state index contributed by atoms with van der Waals surface area (Å²) in [4.78, 5) is 6.99. The van der Waals surface area contributed by atoms with Crippen LogP contribution in [0.25, 0.3) is 0 Å². The first-order valence-corrected chi connectivity index (χ1v) is 8.10. The molecule has 1 aliphatic rings. The highest BCUT2D eigenvalue weighted by Gasteiger charge is 2.23. The Kier molecular flexibility index (Phi) is 4.96. The second-order valence-corrected chi connectivity index (χ2v) is 6.20.